The first-order valence-electron chi connectivity index (χ1n) is 6.25. The Morgan fingerprint density at radius 1 is 1.45 bits per heavy atom. The molecular formula is C13H16ClN5O. The third kappa shape index (κ3) is 3.14. The van der Waals surface area contributed by atoms with E-state index in [0.717, 1.165) is 0 Å². The van der Waals surface area contributed by atoms with Crippen molar-refractivity contribution in [1.82, 2.24) is 24.8 Å². The Labute approximate surface area is 122 Å². The van der Waals surface area contributed by atoms with Crippen molar-refractivity contribution >= 4 is 17.5 Å². The predicted molar refractivity (Wildman–Crippen MR) is 75.5 cm³/mol. The highest BCUT2D eigenvalue weighted by Crippen LogP contribution is 2.18. The summed E-state index contributed by atoms with van der Waals surface area (Å²) in [6.07, 6.45) is 4.82. The number of rotatable bonds is 4. The Kier molecular flexibility index (Phi) is 4.34. The van der Waals surface area contributed by atoms with Crippen LogP contribution in [0.15, 0.2) is 18.6 Å². The van der Waals surface area contributed by atoms with Crippen LogP contribution in [-0.2, 0) is 6.54 Å². The van der Waals surface area contributed by atoms with E-state index >= 15 is 0 Å². The van der Waals surface area contributed by atoms with Gasteiger partial charge in [0.15, 0.2) is 5.69 Å². The Balaban J connectivity index is 2.21. The van der Waals surface area contributed by atoms with Crippen molar-refractivity contribution in [2.75, 3.05) is 7.05 Å². The van der Waals surface area contributed by atoms with Crippen LogP contribution in [0.3, 0.4) is 0 Å². The highest BCUT2D eigenvalue weighted by atomic mass is 35.5. The number of halogens is 1. The molecule has 2 rings (SSSR count). The molecule has 1 amide bonds. The summed E-state index contributed by atoms with van der Waals surface area (Å²) in [5.74, 6) is 1.18. The Morgan fingerprint density at radius 3 is 2.80 bits per heavy atom. The number of aromatic amines is 1. The molecule has 0 saturated carbocycles. The van der Waals surface area contributed by atoms with E-state index in [1.165, 1.54) is 11.1 Å². The van der Waals surface area contributed by atoms with Crippen LogP contribution in [-0.4, -0.2) is 37.8 Å². The van der Waals surface area contributed by atoms with Gasteiger partial charge in [0.25, 0.3) is 5.91 Å². The monoisotopic (exact) mass is 293 g/mol. The number of imidazole rings is 1. The summed E-state index contributed by atoms with van der Waals surface area (Å²) in [5.41, 5.74) is 0.222. The average molecular weight is 294 g/mol. The number of amides is 1. The number of carbonyl (C=O) groups is 1. The van der Waals surface area contributed by atoms with E-state index < -0.39 is 0 Å². The molecule has 0 aliphatic rings. The lowest BCUT2D eigenvalue weighted by Gasteiger charge is -2.16. The SMILES string of the molecule is CC(C)c1ncc(Cl)c(C(=O)N(C)Cc2ncc[nH]2)n1. The largest absolute Gasteiger partial charge is 0.347 e. The van der Waals surface area contributed by atoms with Crippen LogP contribution in [0.5, 0.6) is 0 Å². The molecule has 0 aliphatic heterocycles. The lowest BCUT2D eigenvalue weighted by molar-refractivity contribution is 0.0775. The van der Waals surface area contributed by atoms with Crippen LogP contribution in [0.1, 0.15) is 41.9 Å². The molecule has 0 aromatic carbocycles. The van der Waals surface area contributed by atoms with Gasteiger partial charge in [0.1, 0.15) is 11.6 Å². The van der Waals surface area contributed by atoms with Crippen LogP contribution in [0, 0.1) is 0 Å². The van der Waals surface area contributed by atoms with E-state index in [0.29, 0.717) is 18.2 Å². The second-order valence-electron chi connectivity index (χ2n) is 4.78. The molecule has 0 aliphatic carbocycles. The van der Waals surface area contributed by atoms with Gasteiger partial charge in [0, 0.05) is 25.4 Å². The number of aromatic nitrogens is 4. The standard InChI is InChI=1S/C13H16ClN5O/c1-8(2)12-17-6-9(14)11(18-12)13(20)19(3)7-10-15-4-5-16-10/h4-6,8H,7H2,1-3H3,(H,15,16). The molecule has 0 radical (unpaired) electrons. The minimum Gasteiger partial charge on any atom is -0.347 e. The van der Waals surface area contributed by atoms with Crippen LogP contribution >= 0.6 is 11.6 Å². The molecule has 2 aromatic rings. The minimum absolute atomic E-state index is 0.134. The summed E-state index contributed by atoms with van der Waals surface area (Å²) >= 11 is 6.03. The summed E-state index contributed by atoms with van der Waals surface area (Å²) < 4.78 is 0. The summed E-state index contributed by atoms with van der Waals surface area (Å²) in [4.78, 5) is 29.3. The van der Waals surface area contributed by atoms with Gasteiger partial charge < -0.3 is 9.88 Å². The van der Waals surface area contributed by atoms with Crippen LogP contribution in [0.4, 0.5) is 0 Å². The maximum atomic E-state index is 12.4. The number of nitrogens with one attached hydrogen (secondary N) is 1. The summed E-state index contributed by atoms with van der Waals surface area (Å²) in [6.45, 7) is 4.29. The minimum atomic E-state index is -0.254. The van der Waals surface area contributed by atoms with Gasteiger partial charge in [-0.15, -0.1) is 0 Å². The van der Waals surface area contributed by atoms with Gasteiger partial charge >= 0.3 is 0 Å². The highest BCUT2D eigenvalue weighted by molar-refractivity contribution is 6.33. The van der Waals surface area contributed by atoms with Gasteiger partial charge in [-0.1, -0.05) is 25.4 Å². The Hall–Kier alpha value is -1.95. The molecule has 2 heterocycles. The first kappa shape index (κ1) is 14.5. The lowest BCUT2D eigenvalue weighted by Crippen LogP contribution is -2.28. The third-order valence-corrected chi connectivity index (χ3v) is 3.05. The van der Waals surface area contributed by atoms with Crippen LogP contribution in [0.2, 0.25) is 5.02 Å². The topological polar surface area (TPSA) is 74.8 Å². The second-order valence-corrected chi connectivity index (χ2v) is 5.18. The van der Waals surface area contributed by atoms with E-state index in [-0.39, 0.29) is 22.5 Å². The maximum absolute atomic E-state index is 12.4. The number of H-pyrrole nitrogens is 1. The van der Waals surface area contributed by atoms with Gasteiger partial charge in [-0.05, 0) is 0 Å². The predicted octanol–water partition coefficient (Wildman–Crippen LogP) is 2.25. The van der Waals surface area contributed by atoms with Gasteiger partial charge in [-0.25, -0.2) is 15.0 Å². The zero-order valence-electron chi connectivity index (χ0n) is 11.6. The number of carbonyl (C=O) groups excluding carboxylic acids is 1. The normalized spacial score (nSPS) is 10.8. The van der Waals surface area contributed by atoms with E-state index in [1.807, 2.05) is 13.8 Å². The van der Waals surface area contributed by atoms with Crippen LogP contribution in [0.25, 0.3) is 0 Å². The molecule has 0 unspecified atom stereocenters. The lowest BCUT2D eigenvalue weighted by atomic mass is 10.2. The molecule has 2 aromatic heterocycles. The van der Waals surface area contributed by atoms with Crippen molar-refractivity contribution in [3.8, 4) is 0 Å². The zero-order valence-corrected chi connectivity index (χ0v) is 12.3. The smallest absolute Gasteiger partial charge is 0.274 e. The summed E-state index contributed by atoms with van der Waals surface area (Å²) in [6, 6.07) is 0. The first-order chi connectivity index (χ1) is 9.49. The molecule has 106 valence electrons. The van der Waals surface area contributed by atoms with Crippen molar-refractivity contribution in [2.45, 2.75) is 26.3 Å². The maximum Gasteiger partial charge on any atom is 0.274 e. The van der Waals surface area contributed by atoms with Gasteiger partial charge in [0.2, 0.25) is 0 Å². The second kappa shape index (κ2) is 6.00. The molecule has 0 spiro atoms. The summed E-state index contributed by atoms with van der Waals surface area (Å²) in [5, 5.41) is 0.255. The fraction of sp³-hybridized carbons (Fsp3) is 0.385. The van der Waals surface area contributed by atoms with E-state index in [2.05, 4.69) is 19.9 Å². The van der Waals surface area contributed by atoms with Crippen molar-refractivity contribution in [1.29, 1.82) is 0 Å². The molecule has 1 N–H and O–H groups in total. The fourth-order valence-corrected chi connectivity index (χ4v) is 1.84. The van der Waals surface area contributed by atoms with Crippen molar-refractivity contribution in [3.05, 3.63) is 41.0 Å². The zero-order chi connectivity index (χ0) is 14.7. The van der Waals surface area contributed by atoms with E-state index in [1.54, 1.807) is 19.4 Å². The quantitative estimate of drug-likeness (QED) is 0.938. The van der Waals surface area contributed by atoms with Crippen molar-refractivity contribution in [2.24, 2.45) is 0 Å². The van der Waals surface area contributed by atoms with Gasteiger partial charge in [0.05, 0.1) is 17.8 Å². The number of hydrogen-bond acceptors (Lipinski definition) is 4. The van der Waals surface area contributed by atoms with Crippen molar-refractivity contribution in [3.63, 3.8) is 0 Å². The van der Waals surface area contributed by atoms with E-state index in [9.17, 15) is 4.79 Å². The van der Waals surface area contributed by atoms with E-state index in [4.69, 9.17) is 11.6 Å². The number of hydrogen-bond donors (Lipinski definition) is 1. The third-order valence-electron chi connectivity index (χ3n) is 2.77. The molecule has 6 nitrogen and oxygen atoms in total. The molecule has 0 bridgehead atoms. The Morgan fingerprint density at radius 2 is 2.20 bits per heavy atom. The highest BCUT2D eigenvalue weighted by Gasteiger charge is 2.19. The molecule has 0 atom stereocenters. The number of nitrogens with zero attached hydrogens (tertiary/aromatic N) is 4. The Bertz CT molecular complexity index is 597. The van der Waals surface area contributed by atoms with Crippen LogP contribution < -0.4 is 0 Å². The molecular weight excluding hydrogens is 278 g/mol. The molecule has 7 heteroatoms. The van der Waals surface area contributed by atoms with Gasteiger partial charge in [-0.3, -0.25) is 4.79 Å². The first-order valence-corrected chi connectivity index (χ1v) is 6.63. The average Bonchev–Trinajstić information content (AvgIpc) is 2.91. The molecule has 20 heavy (non-hydrogen) atoms. The van der Waals surface area contributed by atoms with Gasteiger partial charge in [-0.2, -0.15) is 0 Å². The fourth-order valence-electron chi connectivity index (χ4n) is 1.67. The summed E-state index contributed by atoms with van der Waals surface area (Å²) in [7, 11) is 1.68. The molecule has 0 saturated heterocycles. The molecule has 0 fully saturated rings. The van der Waals surface area contributed by atoms with Crippen molar-refractivity contribution < 1.29 is 4.79 Å².